The standard InChI is InChI=1S/C11H17N3O3/c1-5-14(7-10(15)17-4)11(16)9-6-12-13(3)8(9)2/h6H,5,7H2,1-4H3. The molecule has 0 saturated heterocycles. The van der Waals surface area contributed by atoms with Crippen LogP contribution in [0, 0.1) is 6.92 Å². The SMILES string of the molecule is CCN(CC(=O)OC)C(=O)c1cnn(C)c1C. The summed E-state index contributed by atoms with van der Waals surface area (Å²) in [5, 5.41) is 4.01. The predicted molar refractivity (Wildman–Crippen MR) is 61.5 cm³/mol. The van der Waals surface area contributed by atoms with E-state index in [2.05, 4.69) is 9.84 Å². The lowest BCUT2D eigenvalue weighted by Gasteiger charge is -2.18. The summed E-state index contributed by atoms with van der Waals surface area (Å²) in [6, 6.07) is 0. The van der Waals surface area contributed by atoms with Gasteiger partial charge < -0.3 is 9.64 Å². The number of methoxy groups -OCH3 is 1. The Kier molecular flexibility index (Phi) is 4.25. The van der Waals surface area contributed by atoms with Crippen LogP contribution in [0.3, 0.4) is 0 Å². The Morgan fingerprint density at radius 1 is 1.53 bits per heavy atom. The summed E-state index contributed by atoms with van der Waals surface area (Å²) in [7, 11) is 3.07. The molecule has 0 bridgehead atoms. The summed E-state index contributed by atoms with van der Waals surface area (Å²) in [4.78, 5) is 24.7. The van der Waals surface area contributed by atoms with Gasteiger partial charge in [0.25, 0.3) is 5.91 Å². The summed E-state index contributed by atoms with van der Waals surface area (Å²) in [5.74, 6) is -0.634. The summed E-state index contributed by atoms with van der Waals surface area (Å²) in [5.41, 5.74) is 1.29. The number of ether oxygens (including phenoxy) is 1. The Balaban J connectivity index is 2.86. The van der Waals surface area contributed by atoms with E-state index in [0.29, 0.717) is 12.1 Å². The van der Waals surface area contributed by atoms with Crippen molar-refractivity contribution in [2.45, 2.75) is 13.8 Å². The van der Waals surface area contributed by atoms with Gasteiger partial charge in [-0.3, -0.25) is 14.3 Å². The maximum atomic E-state index is 12.1. The van der Waals surface area contributed by atoms with E-state index in [1.54, 1.807) is 11.7 Å². The molecule has 0 spiro atoms. The first-order chi connectivity index (χ1) is 8.01. The molecule has 0 atom stereocenters. The molecule has 94 valence electrons. The number of aryl methyl sites for hydroxylation is 1. The second-order valence-corrected chi connectivity index (χ2v) is 3.66. The summed E-state index contributed by atoms with van der Waals surface area (Å²) in [6.07, 6.45) is 1.51. The molecule has 0 fully saturated rings. The molecule has 0 aliphatic carbocycles. The largest absolute Gasteiger partial charge is 0.468 e. The normalized spacial score (nSPS) is 10.1. The minimum Gasteiger partial charge on any atom is -0.468 e. The van der Waals surface area contributed by atoms with Crippen LogP contribution >= 0.6 is 0 Å². The van der Waals surface area contributed by atoms with Gasteiger partial charge in [0.15, 0.2) is 0 Å². The maximum Gasteiger partial charge on any atom is 0.325 e. The minimum atomic E-state index is -0.429. The average Bonchev–Trinajstić information content (AvgIpc) is 2.66. The molecule has 0 unspecified atom stereocenters. The molecule has 0 aromatic carbocycles. The molecule has 1 rings (SSSR count). The number of carbonyl (C=O) groups is 2. The fourth-order valence-electron chi connectivity index (χ4n) is 1.43. The van der Waals surface area contributed by atoms with Crippen LogP contribution in [0.15, 0.2) is 6.20 Å². The number of carbonyl (C=O) groups excluding carboxylic acids is 2. The Hall–Kier alpha value is -1.85. The molecule has 0 aliphatic rings. The van der Waals surface area contributed by atoms with Crippen molar-refractivity contribution in [3.8, 4) is 0 Å². The molecule has 0 saturated carbocycles. The van der Waals surface area contributed by atoms with Gasteiger partial charge in [0, 0.05) is 19.3 Å². The van der Waals surface area contributed by atoms with Crippen molar-refractivity contribution in [2.75, 3.05) is 20.2 Å². The third kappa shape index (κ3) is 2.83. The predicted octanol–water partition coefficient (Wildman–Crippen LogP) is 0.364. The molecular weight excluding hydrogens is 222 g/mol. The third-order valence-corrected chi connectivity index (χ3v) is 2.68. The average molecular weight is 239 g/mol. The minimum absolute atomic E-state index is 0.0415. The summed E-state index contributed by atoms with van der Waals surface area (Å²) in [6.45, 7) is 4.03. The zero-order valence-corrected chi connectivity index (χ0v) is 10.6. The van der Waals surface area contributed by atoms with Crippen LogP contribution in [0.5, 0.6) is 0 Å². The zero-order valence-electron chi connectivity index (χ0n) is 10.6. The van der Waals surface area contributed by atoms with Crippen molar-refractivity contribution in [1.82, 2.24) is 14.7 Å². The molecule has 1 heterocycles. The number of aromatic nitrogens is 2. The van der Waals surface area contributed by atoms with Gasteiger partial charge in [0.2, 0.25) is 0 Å². The molecular formula is C11H17N3O3. The molecule has 17 heavy (non-hydrogen) atoms. The highest BCUT2D eigenvalue weighted by atomic mass is 16.5. The zero-order chi connectivity index (χ0) is 13.0. The second-order valence-electron chi connectivity index (χ2n) is 3.66. The van der Waals surface area contributed by atoms with Gasteiger partial charge in [0.05, 0.1) is 18.9 Å². The smallest absolute Gasteiger partial charge is 0.325 e. The van der Waals surface area contributed by atoms with Gasteiger partial charge in [-0.05, 0) is 13.8 Å². The number of amides is 1. The van der Waals surface area contributed by atoms with E-state index in [0.717, 1.165) is 5.69 Å². The number of hydrogen-bond donors (Lipinski definition) is 0. The number of esters is 1. The van der Waals surface area contributed by atoms with Crippen molar-refractivity contribution in [3.63, 3.8) is 0 Å². The highest BCUT2D eigenvalue weighted by molar-refractivity contribution is 5.96. The first kappa shape index (κ1) is 13.2. The second kappa shape index (κ2) is 5.47. The number of hydrogen-bond acceptors (Lipinski definition) is 4. The molecule has 0 radical (unpaired) electrons. The number of rotatable bonds is 4. The van der Waals surface area contributed by atoms with Gasteiger partial charge in [-0.1, -0.05) is 0 Å². The van der Waals surface area contributed by atoms with Gasteiger partial charge in [-0.15, -0.1) is 0 Å². The van der Waals surface area contributed by atoms with Crippen LogP contribution < -0.4 is 0 Å². The third-order valence-electron chi connectivity index (χ3n) is 2.68. The summed E-state index contributed by atoms with van der Waals surface area (Å²) < 4.78 is 6.17. The van der Waals surface area contributed by atoms with Gasteiger partial charge in [-0.2, -0.15) is 5.10 Å². The van der Waals surface area contributed by atoms with Crippen LogP contribution in [-0.2, 0) is 16.6 Å². The first-order valence-electron chi connectivity index (χ1n) is 5.36. The fourth-order valence-corrected chi connectivity index (χ4v) is 1.43. The molecule has 0 N–H and O–H groups in total. The van der Waals surface area contributed by atoms with E-state index < -0.39 is 5.97 Å². The molecule has 1 amide bonds. The Bertz CT molecular complexity index is 426. The highest BCUT2D eigenvalue weighted by Crippen LogP contribution is 2.09. The molecule has 1 aromatic heterocycles. The van der Waals surface area contributed by atoms with Gasteiger partial charge >= 0.3 is 5.97 Å². The lowest BCUT2D eigenvalue weighted by Crippen LogP contribution is -2.36. The monoisotopic (exact) mass is 239 g/mol. The van der Waals surface area contributed by atoms with Gasteiger partial charge in [-0.25, -0.2) is 0 Å². The van der Waals surface area contributed by atoms with Crippen molar-refractivity contribution < 1.29 is 14.3 Å². The Morgan fingerprint density at radius 3 is 2.59 bits per heavy atom. The van der Waals surface area contributed by atoms with E-state index in [9.17, 15) is 9.59 Å². The molecule has 1 aromatic rings. The number of likely N-dealkylation sites (N-methyl/N-ethyl adjacent to an activating group) is 1. The van der Waals surface area contributed by atoms with Crippen LogP contribution in [0.2, 0.25) is 0 Å². The van der Waals surface area contributed by atoms with Gasteiger partial charge in [0.1, 0.15) is 6.54 Å². The van der Waals surface area contributed by atoms with Crippen molar-refractivity contribution in [1.29, 1.82) is 0 Å². The van der Waals surface area contributed by atoms with Crippen LogP contribution in [0.1, 0.15) is 23.0 Å². The van der Waals surface area contributed by atoms with E-state index in [-0.39, 0.29) is 12.5 Å². The van der Waals surface area contributed by atoms with Crippen LogP contribution in [-0.4, -0.2) is 46.8 Å². The maximum absolute atomic E-state index is 12.1. The number of nitrogens with zero attached hydrogens (tertiary/aromatic N) is 3. The van der Waals surface area contributed by atoms with Crippen LogP contribution in [0.4, 0.5) is 0 Å². The van der Waals surface area contributed by atoms with E-state index in [1.807, 2.05) is 13.8 Å². The fraction of sp³-hybridized carbons (Fsp3) is 0.545. The summed E-state index contributed by atoms with van der Waals surface area (Å²) >= 11 is 0. The topological polar surface area (TPSA) is 64.4 Å². The van der Waals surface area contributed by atoms with Crippen molar-refractivity contribution >= 4 is 11.9 Å². The van der Waals surface area contributed by atoms with Crippen molar-refractivity contribution in [3.05, 3.63) is 17.5 Å². The highest BCUT2D eigenvalue weighted by Gasteiger charge is 2.21. The van der Waals surface area contributed by atoms with E-state index in [1.165, 1.54) is 18.2 Å². The lowest BCUT2D eigenvalue weighted by molar-refractivity contribution is -0.141. The quantitative estimate of drug-likeness (QED) is 0.712. The first-order valence-corrected chi connectivity index (χ1v) is 5.36. The van der Waals surface area contributed by atoms with Crippen molar-refractivity contribution in [2.24, 2.45) is 7.05 Å². The molecule has 0 aliphatic heterocycles. The van der Waals surface area contributed by atoms with E-state index >= 15 is 0 Å². The lowest BCUT2D eigenvalue weighted by atomic mass is 10.2. The molecule has 6 nitrogen and oxygen atoms in total. The van der Waals surface area contributed by atoms with Crippen LogP contribution in [0.25, 0.3) is 0 Å². The Labute approximate surface area is 100 Å². The Morgan fingerprint density at radius 2 is 2.18 bits per heavy atom. The molecule has 6 heteroatoms. The van der Waals surface area contributed by atoms with E-state index in [4.69, 9.17) is 0 Å².